The maximum absolute atomic E-state index is 12.1. The molecule has 1 aromatic heterocycles. The molecule has 0 saturated heterocycles. The number of carbonyl (C=O) groups is 1. The molecular formula is C14H17N2O+. The van der Waals surface area contributed by atoms with Gasteiger partial charge in [-0.3, -0.25) is 4.79 Å². The molecular weight excluding hydrogens is 212 g/mol. The summed E-state index contributed by atoms with van der Waals surface area (Å²) >= 11 is 0. The maximum atomic E-state index is 12.1. The number of imidazole rings is 1. The molecule has 0 N–H and O–H groups in total. The summed E-state index contributed by atoms with van der Waals surface area (Å²) in [4.78, 5) is 12.1. The highest BCUT2D eigenvalue weighted by Gasteiger charge is 2.20. The van der Waals surface area contributed by atoms with E-state index in [2.05, 4.69) is 12.1 Å². The zero-order valence-electron chi connectivity index (χ0n) is 10.3. The van der Waals surface area contributed by atoms with E-state index in [9.17, 15) is 4.79 Å². The number of ketones is 1. The van der Waals surface area contributed by atoms with Crippen LogP contribution in [0.3, 0.4) is 0 Å². The van der Waals surface area contributed by atoms with Gasteiger partial charge >= 0.3 is 5.82 Å². The Morgan fingerprint density at radius 2 is 2.00 bits per heavy atom. The van der Waals surface area contributed by atoms with Crippen molar-refractivity contribution in [2.24, 2.45) is 14.1 Å². The summed E-state index contributed by atoms with van der Waals surface area (Å²) in [6.45, 7) is 0. The van der Waals surface area contributed by atoms with Crippen molar-refractivity contribution >= 4 is 5.78 Å². The third-order valence-electron chi connectivity index (χ3n) is 2.92. The van der Waals surface area contributed by atoms with Gasteiger partial charge in [-0.2, -0.15) is 0 Å². The Morgan fingerprint density at radius 1 is 1.29 bits per heavy atom. The fourth-order valence-electron chi connectivity index (χ4n) is 2.00. The molecule has 0 atom stereocenters. The third-order valence-corrected chi connectivity index (χ3v) is 2.92. The summed E-state index contributed by atoms with van der Waals surface area (Å²) in [7, 11) is 3.80. The summed E-state index contributed by atoms with van der Waals surface area (Å²) in [6.07, 6.45) is 5.14. The maximum Gasteiger partial charge on any atom is 0.325 e. The van der Waals surface area contributed by atoms with Crippen LogP contribution in [0, 0.1) is 0 Å². The SMILES string of the molecule is Cn1cc[n+](C)c1C(=O)CCc1ccccc1. The minimum atomic E-state index is 0.184. The molecule has 1 aromatic carbocycles. The number of Topliss-reactive ketones (excluding diaryl/α,β-unsaturated/α-hetero) is 1. The van der Waals surface area contributed by atoms with Crippen LogP contribution < -0.4 is 4.57 Å². The highest BCUT2D eigenvalue weighted by atomic mass is 16.1. The molecule has 88 valence electrons. The van der Waals surface area contributed by atoms with Gasteiger partial charge in [0.2, 0.25) is 5.78 Å². The van der Waals surface area contributed by atoms with E-state index in [-0.39, 0.29) is 5.78 Å². The van der Waals surface area contributed by atoms with Crippen molar-refractivity contribution in [2.75, 3.05) is 0 Å². The number of rotatable bonds is 4. The predicted molar refractivity (Wildman–Crippen MR) is 65.7 cm³/mol. The van der Waals surface area contributed by atoms with E-state index in [1.54, 1.807) is 0 Å². The normalized spacial score (nSPS) is 10.5. The van der Waals surface area contributed by atoms with Crippen molar-refractivity contribution < 1.29 is 9.36 Å². The van der Waals surface area contributed by atoms with Crippen molar-refractivity contribution in [1.82, 2.24) is 4.57 Å². The molecule has 17 heavy (non-hydrogen) atoms. The highest BCUT2D eigenvalue weighted by Crippen LogP contribution is 2.05. The number of hydrogen-bond donors (Lipinski definition) is 0. The van der Waals surface area contributed by atoms with Gasteiger partial charge in [0.25, 0.3) is 0 Å². The number of carbonyl (C=O) groups excluding carboxylic acids is 1. The van der Waals surface area contributed by atoms with E-state index >= 15 is 0 Å². The van der Waals surface area contributed by atoms with E-state index < -0.39 is 0 Å². The Balaban J connectivity index is 2.04. The van der Waals surface area contributed by atoms with Gasteiger partial charge < -0.3 is 0 Å². The molecule has 2 rings (SSSR count). The van der Waals surface area contributed by atoms with Crippen LogP contribution in [0.1, 0.15) is 22.6 Å². The molecule has 0 bridgehead atoms. The van der Waals surface area contributed by atoms with Crippen LogP contribution >= 0.6 is 0 Å². The lowest BCUT2D eigenvalue weighted by atomic mass is 10.1. The molecule has 0 aliphatic rings. The second-order valence-corrected chi connectivity index (χ2v) is 4.25. The minimum Gasteiger partial charge on any atom is -0.286 e. The van der Waals surface area contributed by atoms with Crippen molar-refractivity contribution in [1.29, 1.82) is 0 Å². The van der Waals surface area contributed by atoms with Gasteiger partial charge in [0.15, 0.2) is 0 Å². The van der Waals surface area contributed by atoms with Crippen LogP contribution in [0.2, 0.25) is 0 Å². The van der Waals surface area contributed by atoms with Crippen LogP contribution in [-0.4, -0.2) is 10.4 Å². The smallest absolute Gasteiger partial charge is 0.286 e. The number of hydrogen-bond acceptors (Lipinski definition) is 1. The minimum absolute atomic E-state index is 0.184. The van der Waals surface area contributed by atoms with Gasteiger partial charge in [0, 0.05) is 6.42 Å². The molecule has 3 nitrogen and oxygen atoms in total. The first kappa shape index (κ1) is 11.6. The average Bonchev–Trinajstić information content (AvgIpc) is 2.67. The number of aryl methyl sites for hydroxylation is 3. The lowest BCUT2D eigenvalue weighted by Crippen LogP contribution is -2.35. The molecule has 0 spiro atoms. The summed E-state index contributed by atoms with van der Waals surface area (Å²) < 4.78 is 3.74. The molecule has 0 aliphatic heterocycles. The first-order valence-electron chi connectivity index (χ1n) is 5.76. The van der Waals surface area contributed by atoms with Gasteiger partial charge in [-0.25, -0.2) is 9.13 Å². The van der Waals surface area contributed by atoms with Crippen LogP contribution in [0.15, 0.2) is 42.7 Å². The van der Waals surface area contributed by atoms with Gasteiger partial charge in [-0.1, -0.05) is 30.3 Å². The van der Waals surface area contributed by atoms with Gasteiger partial charge in [-0.05, 0) is 12.0 Å². The van der Waals surface area contributed by atoms with Crippen molar-refractivity contribution in [3.63, 3.8) is 0 Å². The van der Waals surface area contributed by atoms with Crippen LogP contribution in [0.4, 0.5) is 0 Å². The first-order chi connectivity index (χ1) is 8.18. The molecule has 0 unspecified atom stereocenters. The lowest BCUT2D eigenvalue weighted by molar-refractivity contribution is -0.672. The zero-order valence-corrected chi connectivity index (χ0v) is 10.3. The monoisotopic (exact) mass is 229 g/mol. The summed E-state index contributed by atoms with van der Waals surface area (Å²) in [5, 5.41) is 0. The van der Waals surface area contributed by atoms with E-state index in [4.69, 9.17) is 0 Å². The number of benzene rings is 1. The summed E-state index contributed by atoms with van der Waals surface area (Å²) in [6, 6.07) is 10.1. The van der Waals surface area contributed by atoms with Gasteiger partial charge in [0.1, 0.15) is 12.4 Å². The Bertz CT molecular complexity index is 495. The Hall–Kier alpha value is -1.90. The van der Waals surface area contributed by atoms with Crippen LogP contribution in [-0.2, 0) is 20.5 Å². The molecule has 2 aromatic rings. The molecule has 0 amide bonds. The van der Waals surface area contributed by atoms with Crippen LogP contribution in [0.25, 0.3) is 0 Å². The van der Waals surface area contributed by atoms with Gasteiger partial charge in [-0.15, -0.1) is 0 Å². The molecule has 0 saturated carbocycles. The predicted octanol–water partition coefficient (Wildman–Crippen LogP) is 1.67. The second-order valence-electron chi connectivity index (χ2n) is 4.25. The first-order valence-corrected chi connectivity index (χ1v) is 5.76. The Labute approximate surface area is 101 Å². The summed E-state index contributed by atoms with van der Waals surface area (Å²) in [5.74, 6) is 0.935. The van der Waals surface area contributed by atoms with Crippen LogP contribution in [0.5, 0.6) is 0 Å². The summed E-state index contributed by atoms with van der Waals surface area (Å²) in [5.41, 5.74) is 1.21. The standard InChI is InChI=1S/C14H17N2O/c1-15-10-11-16(2)14(15)13(17)9-8-12-6-4-3-5-7-12/h3-7,10-11H,8-9H2,1-2H3/q+1. The topological polar surface area (TPSA) is 25.9 Å². The quantitative estimate of drug-likeness (QED) is 0.578. The zero-order chi connectivity index (χ0) is 12.3. The third kappa shape index (κ3) is 2.61. The highest BCUT2D eigenvalue weighted by molar-refractivity contribution is 5.91. The molecule has 3 heteroatoms. The molecule has 0 aliphatic carbocycles. The second kappa shape index (κ2) is 4.95. The van der Waals surface area contributed by atoms with Crippen molar-refractivity contribution in [3.05, 3.63) is 54.1 Å². The Kier molecular flexibility index (Phi) is 3.38. The van der Waals surface area contributed by atoms with E-state index in [0.29, 0.717) is 6.42 Å². The molecule has 0 fully saturated rings. The molecule has 1 heterocycles. The lowest BCUT2D eigenvalue weighted by Gasteiger charge is -2.00. The number of aromatic nitrogens is 2. The fraction of sp³-hybridized carbons (Fsp3) is 0.286. The van der Waals surface area contributed by atoms with E-state index in [1.165, 1.54) is 5.56 Å². The average molecular weight is 229 g/mol. The van der Waals surface area contributed by atoms with Crippen molar-refractivity contribution in [3.8, 4) is 0 Å². The molecule has 0 radical (unpaired) electrons. The fourth-order valence-corrected chi connectivity index (χ4v) is 2.00. The van der Waals surface area contributed by atoms with E-state index in [1.807, 2.05) is 53.8 Å². The van der Waals surface area contributed by atoms with Gasteiger partial charge in [0.05, 0.1) is 14.1 Å². The number of nitrogens with zero attached hydrogens (tertiary/aromatic N) is 2. The van der Waals surface area contributed by atoms with Crippen molar-refractivity contribution in [2.45, 2.75) is 12.8 Å². The largest absolute Gasteiger partial charge is 0.325 e. The van der Waals surface area contributed by atoms with E-state index in [0.717, 1.165) is 12.2 Å². The Morgan fingerprint density at radius 3 is 2.59 bits per heavy atom.